The van der Waals surface area contributed by atoms with Crippen molar-refractivity contribution in [3.63, 3.8) is 0 Å². The van der Waals surface area contributed by atoms with Crippen molar-refractivity contribution < 1.29 is 36.9 Å². The van der Waals surface area contributed by atoms with Crippen LogP contribution in [0.4, 0.5) is 23.2 Å². The lowest BCUT2D eigenvalue weighted by atomic mass is 9.76. The van der Waals surface area contributed by atoms with Crippen LogP contribution in [0.25, 0.3) is 50.2 Å². The van der Waals surface area contributed by atoms with Gasteiger partial charge in [0.2, 0.25) is 0 Å². The minimum atomic E-state index is -4.66. The Labute approximate surface area is 454 Å². The van der Waals surface area contributed by atoms with Crippen molar-refractivity contribution in [2.24, 2.45) is 17.8 Å². The highest BCUT2D eigenvalue weighted by Crippen LogP contribution is 2.62. The Bertz CT molecular complexity index is 3600. The molecule has 3 aliphatic carbocycles. The number of phenolic OH excluding ortho intramolecular Hbond substituents is 1. The number of unbranched alkanes of at least 4 members (excludes halogenated alkanes) is 2. The van der Waals surface area contributed by atoms with Crippen LogP contribution in [0.5, 0.6) is 17.2 Å². The first kappa shape index (κ1) is 51.1. The number of alkyl halides is 3. The third kappa shape index (κ3) is 9.12. The number of halogens is 4. The van der Waals surface area contributed by atoms with Gasteiger partial charge in [0.25, 0.3) is 5.91 Å². The minimum absolute atomic E-state index is 0.0354. The molecule has 5 unspecified atom stereocenters. The van der Waals surface area contributed by atoms with Crippen molar-refractivity contribution in [3.8, 4) is 50.6 Å². The number of aromatic hydroxyl groups is 1. The van der Waals surface area contributed by atoms with Crippen molar-refractivity contribution in [2.45, 2.75) is 102 Å². The third-order valence-corrected chi connectivity index (χ3v) is 17.5. The van der Waals surface area contributed by atoms with Crippen LogP contribution in [0.2, 0.25) is 0 Å². The summed E-state index contributed by atoms with van der Waals surface area (Å²) in [5.41, 5.74) is 7.77. The maximum atomic E-state index is 14.7. The lowest BCUT2D eigenvalue weighted by Gasteiger charge is -2.38. The Morgan fingerprint density at radius 1 is 0.718 bits per heavy atom. The van der Waals surface area contributed by atoms with Crippen LogP contribution in [0.1, 0.15) is 134 Å². The van der Waals surface area contributed by atoms with Gasteiger partial charge in [-0.3, -0.25) is 4.79 Å². The Hall–Kier alpha value is -7.65. The van der Waals surface area contributed by atoms with Gasteiger partial charge in [0.05, 0.1) is 12.2 Å². The zero-order valence-corrected chi connectivity index (χ0v) is 44.4. The van der Waals surface area contributed by atoms with Gasteiger partial charge >= 0.3 is 6.18 Å². The van der Waals surface area contributed by atoms with E-state index in [0.29, 0.717) is 73.9 Å². The summed E-state index contributed by atoms with van der Waals surface area (Å²) in [5, 5.41) is 15.9. The highest BCUT2D eigenvalue weighted by atomic mass is 19.4. The van der Waals surface area contributed by atoms with Crippen LogP contribution in [0.3, 0.4) is 0 Å². The fraction of sp³-hybridized carbons (Fsp3) is 0.290. The van der Waals surface area contributed by atoms with Crippen LogP contribution in [0.15, 0.2) is 158 Å². The summed E-state index contributed by atoms with van der Waals surface area (Å²) in [7, 11) is 0. The lowest BCUT2D eigenvalue weighted by molar-refractivity contribution is -0.137. The molecule has 5 nitrogen and oxygen atoms in total. The molecule has 0 aromatic heterocycles. The summed E-state index contributed by atoms with van der Waals surface area (Å²) in [4.78, 5) is 13.6. The van der Waals surface area contributed by atoms with Gasteiger partial charge in [-0.1, -0.05) is 132 Å². The van der Waals surface area contributed by atoms with E-state index in [-0.39, 0.29) is 22.8 Å². The lowest BCUT2D eigenvalue weighted by Crippen LogP contribution is -2.35. The number of ether oxygens (including phenoxy) is 2. The number of benzene rings is 8. The fourth-order valence-corrected chi connectivity index (χ4v) is 13.4. The van der Waals surface area contributed by atoms with E-state index in [1.807, 2.05) is 105 Å². The molecule has 12 rings (SSSR count). The number of amides is 1. The minimum Gasteiger partial charge on any atom is -0.508 e. The summed E-state index contributed by atoms with van der Waals surface area (Å²) in [6.45, 7) is 8.93. The number of nitrogens with one attached hydrogen (secondary N) is 1. The molecule has 0 saturated heterocycles. The number of rotatable bonds is 14. The normalized spacial score (nSPS) is 20.5. The second kappa shape index (κ2) is 20.0. The van der Waals surface area contributed by atoms with Crippen molar-refractivity contribution >= 4 is 28.4 Å². The third-order valence-electron chi connectivity index (χ3n) is 17.5. The molecular formula is C69H63F4NO4. The molecule has 5 atom stereocenters. The van der Waals surface area contributed by atoms with E-state index in [2.05, 4.69) is 43.4 Å². The molecule has 2 N–H and O–H groups in total. The molecule has 1 heterocycles. The van der Waals surface area contributed by atoms with Crippen molar-refractivity contribution in [2.75, 3.05) is 11.9 Å². The van der Waals surface area contributed by atoms with Gasteiger partial charge in [-0.25, -0.2) is 4.39 Å². The van der Waals surface area contributed by atoms with Crippen LogP contribution < -0.4 is 14.8 Å². The summed E-state index contributed by atoms with van der Waals surface area (Å²) < 4.78 is 71.9. The van der Waals surface area contributed by atoms with E-state index in [1.165, 1.54) is 62.3 Å². The number of anilines is 1. The molecule has 0 spiro atoms. The molecule has 8 aromatic rings. The molecule has 4 aliphatic rings. The zero-order valence-electron chi connectivity index (χ0n) is 44.4. The van der Waals surface area contributed by atoms with Crippen molar-refractivity contribution in [1.29, 1.82) is 0 Å². The predicted octanol–water partition coefficient (Wildman–Crippen LogP) is 18.4. The van der Waals surface area contributed by atoms with Crippen molar-refractivity contribution in [1.82, 2.24) is 0 Å². The van der Waals surface area contributed by atoms with E-state index in [9.17, 15) is 27.5 Å². The first-order valence-corrected chi connectivity index (χ1v) is 27.7. The maximum Gasteiger partial charge on any atom is 0.416 e. The fourth-order valence-electron chi connectivity index (χ4n) is 13.4. The molecular weight excluding hydrogens is 983 g/mol. The Balaban J connectivity index is 0.828. The molecule has 9 heteroatoms. The number of carbonyl (C=O) groups excluding carboxylic acids is 1. The van der Waals surface area contributed by atoms with E-state index >= 15 is 0 Å². The largest absolute Gasteiger partial charge is 0.508 e. The molecule has 8 aromatic carbocycles. The number of carbonyl (C=O) groups is 1. The number of fused-ring (bicyclic) bond motifs is 9. The predicted molar refractivity (Wildman–Crippen MR) is 304 cm³/mol. The molecule has 0 bridgehead atoms. The average Bonchev–Trinajstić information content (AvgIpc) is 4.28. The standard InChI is InChI=1S/C69H63F4NO4/c1-5-7-9-54-55-32-20-46(37-58(54)55)43-12-10-41(11-13-43)42-14-16-45(17-15-42)66(76)74-52-28-18-44(19-29-52)47-38-60-62-56-33-25-50(69(71,72)73)40-59(56)65-57(64(62)67(3,4)63(60)61(75)39-47)34-35-68(78-65,48-21-26-51(70)27-22-48)49-23-30-53(31-24-49)77-36-8-6-2/h10-19,21-31,33-35,38-40,46,54-55,58,75H,5-9,20,32,36-37H2,1-4H3,(H,74,76). The van der Waals surface area contributed by atoms with Gasteiger partial charge in [0.15, 0.2) is 5.60 Å². The first-order valence-electron chi connectivity index (χ1n) is 27.7. The SMILES string of the molecule is CCCCOc1ccc(C2(c3ccc(F)cc3)C=Cc3c4c(c5ccc(C(F)(F)F)cc5c3O2)-c2cc(-c3ccc(NC(=O)c5ccc(-c6ccc(C7CCC8C(CCCC)C8C7)cc6)cc5)cc3)cc(O)c2C4(C)C)cc1. The Morgan fingerprint density at radius 2 is 1.37 bits per heavy atom. The zero-order chi connectivity index (χ0) is 54.1. The van der Waals surface area contributed by atoms with Gasteiger partial charge in [0.1, 0.15) is 23.1 Å². The van der Waals surface area contributed by atoms with Gasteiger partial charge < -0.3 is 19.9 Å². The second-order valence-electron chi connectivity index (χ2n) is 22.6. The molecule has 396 valence electrons. The van der Waals surface area contributed by atoms with Gasteiger partial charge in [-0.2, -0.15) is 13.2 Å². The van der Waals surface area contributed by atoms with E-state index < -0.39 is 28.6 Å². The monoisotopic (exact) mass is 1050 g/mol. The van der Waals surface area contributed by atoms with E-state index in [1.54, 1.807) is 18.2 Å². The molecule has 2 fully saturated rings. The highest BCUT2D eigenvalue weighted by molar-refractivity contribution is 6.10. The number of hydrogen-bond acceptors (Lipinski definition) is 4. The summed E-state index contributed by atoms with van der Waals surface area (Å²) in [5.74, 6) is 3.73. The quantitative estimate of drug-likeness (QED) is 0.0841. The molecule has 2 saturated carbocycles. The Morgan fingerprint density at radius 3 is 2.05 bits per heavy atom. The van der Waals surface area contributed by atoms with Gasteiger partial charge in [-0.05, 0) is 185 Å². The molecule has 1 amide bonds. The van der Waals surface area contributed by atoms with Gasteiger partial charge in [-0.15, -0.1) is 0 Å². The number of phenols is 1. The van der Waals surface area contributed by atoms with Crippen LogP contribution >= 0.6 is 0 Å². The van der Waals surface area contributed by atoms with Gasteiger partial charge in [0, 0.05) is 44.3 Å². The first-order chi connectivity index (χ1) is 37.6. The van der Waals surface area contributed by atoms with Crippen LogP contribution in [0, 0.1) is 23.6 Å². The number of hydrogen-bond donors (Lipinski definition) is 2. The molecule has 78 heavy (non-hydrogen) atoms. The molecule has 0 radical (unpaired) electrons. The van der Waals surface area contributed by atoms with E-state index in [0.717, 1.165) is 65.0 Å². The van der Waals surface area contributed by atoms with Crippen molar-refractivity contribution in [3.05, 3.63) is 208 Å². The second-order valence-corrected chi connectivity index (χ2v) is 22.6. The van der Waals surface area contributed by atoms with E-state index in [4.69, 9.17) is 9.47 Å². The van der Waals surface area contributed by atoms with Crippen LogP contribution in [-0.4, -0.2) is 17.6 Å². The summed E-state index contributed by atoms with van der Waals surface area (Å²) in [6, 6.07) is 44.9. The maximum absolute atomic E-state index is 14.7. The Kier molecular flexibility index (Phi) is 13.1. The van der Waals surface area contributed by atoms with Crippen LogP contribution in [-0.2, 0) is 17.2 Å². The molecule has 1 aliphatic heterocycles. The highest BCUT2D eigenvalue weighted by Gasteiger charge is 2.52. The summed E-state index contributed by atoms with van der Waals surface area (Å²) in [6.07, 6.45) is 9.00. The smallest absolute Gasteiger partial charge is 0.416 e. The average molecular weight is 1050 g/mol. The topological polar surface area (TPSA) is 67.8 Å². The summed E-state index contributed by atoms with van der Waals surface area (Å²) >= 11 is 0.